The summed E-state index contributed by atoms with van der Waals surface area (Å²) in [7, 11) is -9.94. The molecule has 0 fully saturated rings. The first-order valence-electron chi connectivity index (χ1n) is 47.8. The van der Waals surface area contributed by atoms with E-state index in [2.05, 4.69) is 55.4 Å². The molecule has 112 heavy (non-hydrogen) atoms. The van der Waals surface area contributed by atoms with Crippen molar-refractivity contribution in [2.45, 2.75) is 510 Å². The summed E-state index contributed by atoms with van der Waals surface area (Å²) in [6.07, 6.45) is 73.7. The van der Waals surface area contributed by atoms with Crippen LogP contribution in [0, 0.1) is 23.7 Å². The first-order chi connectivity index (χ1) is 54.2. The standard InChI is InChI=1S/C93H182O17P2/c1-9-84(6)70-62-54-46-40-34-28-22-16-12-14-18-24-30-36-42-48-57-65-73-90(95)103-79-88(109-92(97)75-68-60-50-44-38-32-26-20-21-27-33-39-45-53-61-69-83(4)5)81-107-111(99,100)105-77-87(94)78-106-112(101,102)108-82-89(80-104-91(96)74-66-58-52-51-56-64-72-86(8)11-3)110-93(98)76-67-59-49-43-37-31-25-19-15-13-17-23-29-35-41-47-55-63-71-85(7)10-2/h83-89,94H,9-82H2,1-8H3,(H,99,100)(H,101,102)/t84?,85?,86?,87-,88-,89-/m1/s1. The van der Waals surface area contributed by atoms with E-state index in [0.717, 1.165) is 120 Å². The molecule has 0 amide bonds. The van der Waals surface area contributed by atoms with Crippen molar-refractivity contribution in [1.82, 2.24) is 0 Å². The van der Waals surface area contributed by atoms with Crippen LogP contribution in [0.15, 0.2) is 0 Å². The molecule has 0 aliphatic heterocycles. The molecule has 0 saturated heterocycles. The number of unbranched alkanes of at least 4 members (excludes halogenated alkanes) is 53. The molecule has 0 aromatic rings. The number of carbonyl (C=O) groups excluding carboxylic acids is 4. The van der Waals surface area contributed by atoms with Gasteiger partial charge in [-0.2, -0.15) is 0 Å². The zero-order chi connectivity index (χ0) is 82.3. The van der Waals surface area contributed by atoms with Crippen LogP contribution >= 0.6 is 15.6 Å². The molecule has 0 saturated carbocycles. The SMILES string of the molecule is CCC(C)CCCCCCCCCCCCCCCCCCCCC(=O)OC[C@H](COP(=O)(O)OC[C@@H](O)COP(=O)(O)OC[C@@H](COC(=O)CCCCCCCCC(C)CC)OC(=O)CCCCCCCCCCCCCCCCCCCCC(C)CC)OC(=O)CCCCCCCCCCCCCCCCCC(C)C. The molecule has 3 N–H and O–H groups in total. The zero-order valence-corrected chi connectivity index (χ0v) is 76.1. The molecule has 666 valence electrons. The Hall–Kier alpha value is -1.94. The van der Waals surface area contributed by atoms with Crippen molar-refractivity contribution >= 4 is 39.5 Å². The van der Waals surface area contributed by atoms with Crippen LogP contribution in [0.3, 0.4) is 0 Å². The number of rotatable bonds is 90. The molecule has 0 bridgehead atoms. The zero-order valence-electron chi connectivity index (χ0n) is 74.3. The third-order valence-corrected chi connectivity index (χ3v) is 24.8. The maximum Gasteiger partial charge on any atom is 0.472 e. The topological polar surface area (TPSA) is 237 Å². The van der Waals surface area contributed by atoms with Gasteiger partial charge in [0.05, 0.1) is 26.4 Å². The van der Waals surface area contributed by atoms with Crippen molar-refractivity contribution in [1.29, 1.82) is 0 Å². The molecule has 0 rings (SSSR count). The summed E-state index contributed by atoms with van der Waals surface area (Å²) in [5.41, 5.74) is 0. The highest BCUT2D eigenvalue weighted by Gasteiger charge is 2.31. The van der Waals surface area contributed by atoms with Crippen LogP contribution in [0.2, 0.25) is 0 Å². The first-order valence-corrected chi connectivity index (χ1v) is 50.8. The van der Waals surface area contributed by atoms with Crippen molar-refractivity contribution in [3.05, 3.63) is 0 Å². The van der Waals surface area contributed by atoms with Crippen LogP contribution in [-0.4, -0.2) is 96.7 Å². The molecular formula is C93H182O17P2. The number of esters is 4. The van der Waals surface area contributed by atoms with Gasteiger partial charge in [-0.15, -0.1) is 0 Å². The van der Waals surface area contributed by atoms with Gasteiger partial charge in [0.15, 0.2) is 12.2 Å². The minimum atomic E-state index is -4.97. The quantitative estimate of drug-likeness (QED) is 0.0222. The summed E-state index contributed by atoms with van der Waals surface area (Å²) in [6.45, 7) is 14.4. The average Bonchev–Trinajstić information content (AvgIpc) is 0.901. The van der Waals surface area contributed by atoms with E-state index in [1.807, 2.05) is 0 Å². The minimum Gasteiger partial charge on any atom is -0.462 e. The van der Waals surface area contributed by atoms with Crippen molar-refractivity contribution in [3.8, 4) is 0 Å². The average molecular weight is 1630 g/mol. The number of ether oxygens (including phenoxy) is 4. The van der Waals surface area contributed by atoms with Gasteiger partial charge in [0.1, 0.15) is 19.3 Å². The number of aliphatic hydroxyl groups is 1. The second kappa shape index (κ2) is 81.4. The summed E-state index contributed by atoms with van der Waals surface area (Å²) in [4.78, 5) is 73.4. The molecule has 0 aromatic heterocycles. The molecule has 19 heteroatoms. The second-order valence-corrected chi connectivity index (χ2v) is 37.5. The van der Waals surface area contributed by atoms with E-state index in [1.54, 1.807) is 0 Å². The lowest BCUT2D eigenvalue weighted by molar-refractivity contribution is -0.161. The van der Waals surface area contributed by atoms with E-state index in [0.29, 0.717) is 25.7 Å². The van der Waals surface area contributed by atoms with Gasteiger partial charge >= 0.3 is 39.5 Å². The number of phosphoric ester groups is 2. The number of carbonyl (C=O) groups is 4. The van der Waals surface area contributed by atoms with E-state index < -0.39 is 97.5 Å². The molecular weight excluding hydrogens is 1450 g/mol. The Labute approximate surface area is 689 Å². The predicted molar refractivity (Wildman–Crippen MR) is 464 cm³/mol. The van der Waals surface area contributed by atoms with Gasteiger partial charge < -0.3 is 33.8 Å². The maximum atomic E-state index is 13.2. The molecule has 0 radical (unpaired) electrons. The Bertz CT molecular complexity index is 2170. The van der Waals surface area contributed by atoms with E-state index in [-0.39, 0.29) is 25.7 Å². The van der Waals surface area contributed by atoms with E-state index in [1.165, 1.54) is 289 Å². The summed E-state index contributed by atoms with van der Waals surface area (Å²) < 4.78 is 69.1. The van der Waals surface area contributed by atoms with Gasteiger partial charge in [-0.3, -0.25) is 37.3 Å². The van der Waals surface area contributed by atoms with Gasteiger partial charge in [-0.25, -0.2) is 9.13 Å². The maximum absolute atomic E-state index is 13.2. The second-order valence-electron chi connectivity index (χ2n) is 34.6. The summed E-state index contributed by atoms with van der Waals surface area (Å²) >= 11 is 0. The Kier molecular flexibility index (Phi) is 80.0. The summed E-state index contributed by atoms with van der Waals surface area (Å²) in [5, 5.41) is 10.7. The largest absolute Gasteiger partial charge is 0.472 e. The highest BCUT2D eigenvalue weighted by molar-refractivity contribution is 7.47. The van der Waals surface area contributed by atoms with Gasteiger partial charge in [-0.05, 0) is 49.4 Å². The number of aliphatic hydroxyl groups excluding tert-OH is 1. The van der Waals surface area contributed by atoms with Gasteiger partial charge in [0, 0.05) is 25.7 Å². The third-order valence-electron chi connectivity index (χ3n) is 22.9. The molecule has 0 heterocycles. The van der Waals surface area contributed by atoms with Crippen molar-refractivity contribution in [2.75, 3.05) is 39.6 Å². The fourth-order valence-electron chi connectivity index (χ4n) is 14.5. The lowest BCUT2D eigenvalue weighted by Crippen LogP contribution is -2.30. The Morgan fingerprint density at radius 1 is 0.250 bits per heavy atom. The van der Waals surface area contributed by atoms with E-state index in [4.69, 9.17) is 37.0 Å². The normalized spacial score (nSPS) is 14.5. The molecule has 0 aromatic carbocycles. The lowest BCUT2D eigenvalue weighted by atomic mass is 9.99. The van der Waals surface area contributed by atoms with Crippen LogP contribution in [0.1, 0.15) is 492 Å². The van der Waals surface area contributed by atoms with Gasteiger partial charge in [0.25, 0.3) is 0 Å². The fourth-order valence-corrected chi connectivity index (χ4v) is 16.0. The minimum absolute atomic E-state index is 0.107. The third kappa shape index (κ3) is 81.8. The first kappa shape index (κ1) is 110. The van der Waals surface area contributed by atoms with Crippen molar-refractivity contribution in [2.24, 2.45) is 23.7 Å². The highest BCUT2D eigenvalue weighted by atomic mass is 31.2. The Morgan fingerprint density at radius 2 is 0.429 bits per heavy atom. The van der Waals surface area contributed by atoms with E-state index in [9.17, 15) is 43.2 Å². The molecule has 5 unspecified atom stereocenters. The predicted octanol–water partition coefficient (Wildman–Crippen LogP) is 28.7. The van der Waals surface area contributed by atoms with Crippen LogP contribution < -0.4 is 0 Å². The fraction of sp³-hybridized carbons (Fsp3) is 0.957. The van der Waals surface area contributed by atoms with Crippen molar-refractivity contribution in [3.63, 3.8) is 0 Å². The number of hydrogen-bond acceptors (Lipinski definition) is 15. The molecule has 17 nitrogen and oxygen atoms in total. The number of phosphoric acid groups is 2. The van der Waals surface area contributed by atoms with Gasteiger partial charge in [-0.1, -0.05) is 441 Å². The smallest absolute Gasteiger partial charge is 0.462 e. The summed E-state index contributed by atoms with van der Waals surface area (Å²) in [5.74, 6) is 1.18. The van der Waals surface area contributed by atoms with Crippen molar-refractivity contribution < 1.29 is 80.2 Å². The van der Waals surface area contributed by atoms with Crippen LogP contribution in [0.4, 0.5) is 0 Å². The summed E-state index contributed by atoms with van der Waals surface area (Å²) in [6, 6.07) is 0. The van der Waals surface area contributed by atoms with Crippen LogP contribution in [0.25, 0.3) is 0 Å². The monoisotopic (exact) mass is 1630 g/mol. The van der Waals surface area contributed by atoms with E-state index >= 15 is 0 Å². The number of hydrogen-bond donors (Lipinski definition) is 3. The molecule has 0 aliphatic carbocycles. The van der Waals surface area contributed by atoms with Crippen LogP contribution in [0.5, 0.6) is 0 Å². The van der Waals surface area contributed by atoms with Crippen LogP contribution in [-0.2, 0) is 65.4 Å². The Balaban J connectivity index is 5.20. The lowest BCUT2D eigenvalue weighted by Gasteiger charge is -2.21. The molecule has 8 atom stereocenters. The Morgan fingerprint density at radius 3 is 0.634 bits per heavy atom. The molecule has 0 spiro atoms. The van der Waals surface area contributed by atoms with Gasteiger partial charge in [0.2, 0.25) is 0 Å². The highest BCUT2D eigenvalue weighted by Crippen LogP contribution is 2.45. The molecule has 0 aliphatic rings.